The predicted octanol–water partition coefficient (Wildman–Crippen LogP) is 3.76. The molecule has 0 aromatic carbocycles. The van der Waals surface area contributed by atoms with Crippen molar-refractivity contribution in [2.45, 2.75) is 57.4 Å². The van der Waals surface area contributed by atoms with Crippen LogP contribution in [0.1, 0.15) is 55.7 Å². The Hall–Kier alpha value is -0.890. The quantitative estimate of drug-likeness (QED) is 0.813. The van der Waals surface area contributed by atoms with Gasteiger partial charge in [-0.25, -0.2) is 0 Å². The minimum absolute atomic E-state index is 0.699. The van der Waals surface area contributed by atoms with Crippen LogP contribution in [0.2, 0.25) is 0 Å². The predicted molar refractivity (Wildman–Crippen MR) is 81.8 cm³/mol. The summed E-state index contributed by atoms with van der Waals surface area (Å²) in [5.74, 6) is 2.81. The Labute approximate surface area is 122 Å². The first kappa shape index (κ1) is 12.8. The zero-order chi connectivity index (χ0) is 13.5. The molecule has 2 heterocycles. The van der Waals surface area contributed by atoms with Gasteiger partial charge in [0, 0.05) is 23.9 Å². The van der Waals surface area contributed by atoms with Crippen LogP contribution in [-0.4, -0.2) is 29.0 Å². The summed E-state index contributed by atoms with van der Waals surface area (Å²) in [5.41, 5.74) is 2.59. The summed E-state index contributed by atoms with van der Waals surface area (Å²) in [6.07, 6.45) is 10.7. The Bertz CT molecular complexity index is 459. The maximum Gasteiger partial charge on any atom is 0.0435 e. The topological polar surface area (TPSA) is 16.1 Å². The molecule has 2 bridgehead atoms. The van der Waals surface area contributed by atoms with Crippen LogP contribution in [0.3, 0.4) is 0 Å². The van der Waals surface area contributed by atoms with Gasteiger partial charge in [-0.05, 0) is 75.6 Å². The molecule has 0 amide bonds. The van der Waals surface area contributed by atoms with Gasteiger partial charge < -0.3 is 4.90 Å². The SMILES string of the molecule is Cc1ccc(C2CCN(C3CC4CCC3C4)CC2)nc1. The summed E-state index contributed by atoms with van der Waals surface area (Å²) in [7, 11) is 0. The number of fused-ring (bicyclic) bond motifs is 2. The number of nitrogens with zero attached hydrogens (tertiary/aromatic N) is 2. The van der Waals surface area contributed by atoms with E-state index in [-0.39, 0.29) is 0 Å². The molecule has 3 unspecified atom stereocenters. The van der Waals surface area contributed by atoms with Crippen molar-refractivity contribution in [3.8, 4) is 0 Å². The van der Waals surface area contributed by atoms with E-state index in [9.17, 15) is 0 Å². The van der Waals surface area contributed by atoms with E-state index in [1.807, 2.05) is 6.20 Å². The molecule has 0 spiro atoms. The number of pyridine rings is 1. The number of aromatic nitrogens is 1. The zero-order valence-corrected chi connectivity index (χ0v) is 12.6. The lowest BCUT2D eigenvalue weighted by molar-refractivity contribution is 0.110. The number of piperidine rings is 1. The van der Waals surface area contributed by atoms with Gasteiger partial charge >= 0.3 is 0 Å². The number of aryl methyl sites for hydroxylation is 1. The van der Waals surface area contributed by atoms with Gasteiger partial charge in [0.25, 0.3) is 0 Å². The lowest BCUT2D eigenvalue weighted by atomic mass is 9.88. The van der Waals surface area contributed by atoms with Crippen molar-refractivity contribution in [1.29, 1.82) is 0 Å². The van der Waals surface area contributed by atoms with Gasteiger partial charge in [0.05, 0.1) is 0 Å². The van der Waals surface area contributed by atoms with Crippen molar-refractivity contribution in [3.05, 3.63) is 29.6 Å². The number of hydrogen-bond donors (Lipinski definition) is 0. The summed E-state index contributed by atoms with van der Waals surface area (Å²) < 4.78 is 0. The third-order valence-electron chi connectivity index (χ3n) is 6.05. The summed E-state index contributed by atoms with van der Waals surface area (Å²) in [6, 6.07) is 5.39. The molecule has 1 saturated heterocycles. The molecule has 1 aromatic rings. The molecule has 1 aliphatic heterocycles. The van der Waals surface area contributed by atoms with E-state index in [1.54, 1.807) is 0 Å². The number of hydrogen-bond acceptors (Lipinski definition) is 2. The van der Waals surface area contributed by atoms with Crippen LogP contribution in [0.4, 0.5) is 0 Å². The van der Waals surface area contributed by atoms with Gasteiger partial charge in [0.2, 0.25) is 0 Å². The minimum Gasteiger partial charge on any atom is -0.300 e. The van der Waals surface area contributed by atoms with Crippen molar-refractivity contribution >= 4 is 0 Å². The molecular weight excluding hydrogens is 244 g/mol. The average molecular weight is 270 g/mol. The second-order valence-electron chi connectivity index (χ2n) is 7.31. The summed E-state index contributed by atoms with van der Waals surface area (Å²) in [4.78, 5) is 7.46. The molecule has 2 heteroatoms. The molecule has 3 aliphatic rings. The Balaban J connectivity index is 1.37. The fourth-order valence-electron chi connectivity index (χ4n) is 4.91. The van der Waals surface area contributed by atoms with E-state index < -0.39 is 0 Å². The molecule has 0 radical (unpaired) electrons. The second-order valence-corrected chi connectivity index (χ2v) is 7.31. The van der Waals surface area contributed by atoms with Crippen molar-refractivity contribution in [2.24, 2.45) is 11.8 Å². The van der Waals surface area contributed by atoms with Gasteiger partial charge in [0.15, 0.2) is 0 Å². The van der Waals surface area contributed by atoms with E-state index >= 15 is 0 Å². The Morgan fingerprint density at radius 1 is 1.05 bits per heavy atom. The van der Waals surface area contributed by atoms with Crippen LogP contribution in [0.15, 0.2) is 18.3 Å². The molecule has 2 saturated carbocycles. The smallest absolute Gasteiger partial charge is 0.0435 e. The van der Waals surface area contributed by atoms with Crippen LogP contribution in [0, 0.1) is 18.8 Å². The summed E-state index contributed by atoms with van der Waals surface area (Å²) in [5, 5.41) is 0. The lowest BCUT2D eigenvalue weighted by Crippen LogP contribution is -2.43. The van der Waals surface area contributed by atoms with Crippen molar-refractivity contribution in [3.63, 3.8) is 0 Å². The third-order valence-corrected chi connectivity index (χ3v) is 6.05. The largest absolute Gasteiger partial charge is 0.300 e. The van der Waals surface area contributed by atoms with Crippen molar-refractivity contribution < 1.29 is 0 Å². The summed E-state index contributed by atoms with van der Waals surface area (Å²) in [6.45, 7) is 4.72. The van der Waals surface area contributed by atoms with E-state index in [4.69, 9.17) is 0 Å². The maximum atomic E-state index is 4.64. The fourth-order valence-corrected chi connectivity index (χ4v) is 4.91. The van der Waals surface area contributed by atoms with Gasteiger partial charge in [-0.3, -0.25) is 4.98 Å². The highest BCUT2D eigenvalue weighted by Crippen LogP contribution is 2.47. The van der Waals surface area contributed by atoms with E-state index in [1.165, 1.54) is 62.9 Å². The first-order valence-electron chi connectivity index (χ1n) is 8.46. The standard InChI is InChI=1S/C18H26N2/c1-13-2-5-17(19-12-13)15-6-8-20(9-7-15)18-11-14-3-4-16(18)10-14/h2,5,12,14-16,18H,3-4,6-11H2,1H3. The first-order valence-corrected chi connectivity index (χ1v) is 8.46. The van der Waals surface area contributed by atoms with E-state index in [2.05, 4.69) is 28.9 Å². The second kappa shape index (κ2) is 5.14. The highest BCUT2D eigenvalue weighted by molar-refractivity contribution is 5.16. The van der Waals surface area contributed by atoms with Gasteiger partial charge in [-0.1, -0.05) is 12.5 Å². The Morgan fingerprint density at radius 3 is 2.50 bits per heavy atom. The Morgan fingerprint density at radius 2 is 1.90 bits per heavy atom. The third kappa shape index (κ3) is 2.28. The monoisotopic (exact) mass is 270 g/mol. The van der Waals surface area contributed by atoms with Gasteiger partial charge in [-0.2, -0.15) is 0 Å². The molecule has 4 rings (SSSR count). The van der Waals surface area contributed by atoms with E-state index in [0.717, 1.165) is 17.9 Å². The maximum absolute atomic E-state index is 4.64. The molecule has 108 valence electrons. The average Bonchev–Trinajstić information content (AvgIpc) is 3.11. The zero-order valence-electron chi connectivity index (χ0n) is 12.6. The number of rotatable bonds is 2. The molecule has 1 aromatic heterocycles. The molecule has 2 nitrogen and oxygen atoms in total. The Kier molecular flexibility index (Phi) is 3.30. The van der Waals surface area contributed by atoms with Crippen LogP contribution < -0.4 is 0 Å². The van der Waals surface area contributed by atoms with Crippen molar-refractivity contribution in [1.82, 2.24) is 9.88 Å². The van der Waals surface area contributed by atoms with Gasteiger partial charge in [-0.15, -0.1) is 0 Å². The highest BCUT2D eigenvalue weighted by atomic mass is 15.2. The summed E-state index contributed by atoms with van der Waals surface area (Å²) >= 11 is 0. The lowest BCUT2D eigenvalue weighted by Gasteiger charge is -2.39. The molecule has 3 fully saturated rings. The van der Waals surface area contributed by atoms with Gasteiger partial charge in [0.1, 0.15) is 0 Å². The molecule has 2 aliphatic carbocycles. The van der Waals surface area contributed by atoms with Crippen LogP contribution in [-0.2, 0) is 0 Å². The highest BCUT2D eigenvalue weighted by Gasteiger charge is 2.42. The molecule has 0 N–H and O–H groups in total. The molecule has 20 heavy (non-hydrogen) atoms. The number of likely N-dealkylation sites (tertiary alicyclic amines) is 1. The normalized spacial score (nSPS) is 34.8. The molecular formula is C18H26N2. The van der Waals surface area contributed by atoms with E-state index in [0.29, 0.717) is 5.92 Å². The first-order chi connectivity index (χ1) is 9.79. The minimum atomic E-state index is 0.699. The fraction of sp³-hybridized carbons (Fsp3) is 0.722. The van der Waals surface area contributed by atoms with Crippen LogP contribution >= 0.6 is 0 Å². The van der Waals surface area contributed by atoms with Crippen LogP contribution in [0.25, 0.3) is 0 Å². The van der Waals surface area contributed by atoms with Crippen LogP contribution in [0.5, 0.6) is 0 Å². The van der Waals surface area contributed by atoms with Crippen molar-refractivity contribution in [2.75, 3.05) is 13.1 Å². The molecule has 3 atom stereocenters.